The summed E-state index contributed by atoms with van der Waals surface area (Å²) in [6.07, 6.45) is 0. The predicted octanol–water partition coefficient (Wildman–Crippen LogP) is 5.36. The molecule has 2 aromatic carbocycles. The van der Waals surface area contributed by atoms with Gasteiger partial charge in [0.1, 0.15) is 5.01 Å². The Labute approximate surface area is 119 Å². The van der Waals surface area contributed by atoms with E-state index in [9.17, 15) is 0 Å². The van der Waals surface area contributed by atoms with Crippen molar-refractivity contribution in [2.75, 3.05) is 0 Å². The summed E-state index contributed by atoms with van der Waals surface area (Å²) < 4.78 is 1.15. The molecule has 0 atom stereocenters. The van der Waals surface area contributed by atoms with E-state index in [1.807, 2.05) is 30.3 Å². The van der Waals surface area contributed by atoms with Gasteiger partial charge in [0, 0.05) is 16.5 Å². The van der Waals surface area contributed by atoms with Gasteiger partial charge in [0.25, 0.3) is 0 Å². The Hall–Kier alpha value is -1.09. The fraction of sp³-hybridized carbons (Fsp3) is 0.0714. The van der Waals surface area contributed by atoms with Crippen molar-refractivity contribution >= 4 is 44.8 Å². The van der Waals surface area contributed by atoms with E-state index in [1.54, 1.807) is 11.3 Å². The zero-order valence-corrected chi connectivity index (χ0v) is 11.7. The lowest BCUT2D eigenvalue weighted by Gasteiger charge is -1.97. The lowest BCUT2D eigenvalue weighted by molar-refractivity contribution is 1.39. The highest BCUT2D eigenvalue weighted by molar-refractivity contribution is 7.21. The van der Waals surface area contributed by atoms with E-state index in [1.165, 1.54) is 0 Å². The molecule has 0 N–H and O–H groups in total. The van der Waals surface area contributed by atoms with E-state index in [0.29, 0.717) is 5.88 Å². The second-order valence-corrected chi connectivity index (χ2v) is 5.70. The Morgan fingerprint density at radius 1 is 1.06 bits per heavy atom. The number of benzene rings is 2. The molecule has 0 amide bonds. The molecule has 0 spiro atoms. The number of hydrogen-bond acceptors (Lipinski definition) is 2. The first-order valence-electron chi connectivity index (χ1n) is 5.47. The first kappa shape index (κ1) is 12.0. The van der Waals surface area contributed by atoms with E-state index in [4.69, 9.17) is 23.2 Å². The number of halogens is 2. The monoisotopic (exact) mass is 293 g/mol. The highest BCUT2D eigenvalue weighted by Crippen LogP contribution is 2.31. The molecule has 18 heavy (non-hydrogen) atoms. The van der Waals surface area contributed by atoms with Gasteiger partial charge in [0.15, 0.2) is 0 Å². The molecule has 3 aromatic rings. The molecule has 1 nitrogen and oxygen atoms in total. The van der Waals surface area contributed by atoms with Crippen LogP contribution in [-0.2, 0) is 5.88 Å². The minimum absolute atomic E-state index is 0.537. The van der Waals surface area contributed by atoms with Gasteiger partial charge in [0.05, 0.1) is 10.2 Å². The quantitative estimate of drug-likeness (QED) is 0.580. The molecule has 4 heteroatoms. The second-order valence-electron chi connectivity index (χ2n) is 3.96. The third kappa shape index (κ3) is 2.24. The summed E-state index contributed by atoms with van der Waals surface area (Å²) in [6, 6.07) is 14.0. The Bertz CT molecular complexity index is 689. The van der Waals surface area contributed by atoms with Gasteiger partial charge in [-0.25, -0.2) is 4.98 Å². The van der Waals surface area contributed by atoms with Crippen LogP contribution in [0.2, 0.25) is 5.02 Å². The molecular weight excluding hydrogens is 285 g/mol. The van der Waals surface area contributed by atoms with Crippen molar-refractivity contribution in [2.45, 2.75) is 5.88 Å². The summed E-state index contributed by atoms with van der Waals surface area (Å²) in [5, 5.41) is 1.73. The molecule has 0 saturated heterocycles. The van der Waals surface area contributed by atoms with Crippen LogP contribution in [0.5, 0.6) is 0 Å². The molecule has 3 rings (SSSR count). The Kier molecular flexibility index (Phi) is 3.25. The minimum atomic E-state index is 0.537. The van der Waals surface area contributed by atoms with Crippen molar-refractivity contribution in [3.63, 3.8) is 0 Å². The largest absolute Gasteiger partial charge is 0.236 e. The van der Waals surface area contributed by atoms with Crippen LogP contribution < -0.4 is 0 Å². The normalized spacial score (nSPS) is 11.0. The Morgan fingerprint density at radius 3 is 2.56 bits per heavy atom. The number of nitrogens with zero attached hydrogens (tertiary/aromatic N) is 1. The van der Waals surface area contributed by atoms with Crippen LogP contribution in [0.4, 0.5) is 0 Å². The topological polar surface area (TPSA) is 12.9 Å². The van der Waals surface area contributed by atoms with Crippen molar-refractivity contribution in [1.82, 2.24) is 4.98 Å². The van der Waals surface area contributed by atoms with Gasteiger partial charge in [-0.3, -0.25) is 0 Å². The summed E-state index contributed by atoms with van der Waals surface area (Å²) in [6.45, 7) is 0. The number of thiazole rings is 1. The van der Waals surface area contributed by atoms with Crippen molar-refractivity contribution in [2.24, 2.45) is 0 Å². The van der Waals surface area contributed by atoms with Crippen LogP contribution in [0.1, 0.15) is 5.56 Å². The van der Waals surface area contributed by atoms with Crippen LogP contribution in [0, 0.1) is 0 Å². The third-order valence-electron chi connectivity index (χ3n) is 2.70. The summed E-state index contributed by atoms with van der Waals surface area (Å²) in [5.41, 5.74) is 3.18. The Morgan fingerprint density at radius 2 is 1.83 bits per heavy atom. The summed E-state index contributed by atoms with van der Waals surface area (Å²) in [4.78, 5) is 4.60. The number of aromatic nitrogens is 1. The van der Waals surface area contributed by atoms with Gasteiger partial charge in [-0.15, -0.1) is 22.9 Å². The van der Waals surface area contributed by atoms with E-state index in [2.05, 4.69) is 17.1 Å². The van der Waals surface area contributed by atoms with E-state index >= 15 is 0 Å². The van der Waals surface area contributed by atoms with Crippen molar-refractivity contribution in [1.29, 1.82) is 0 Å². The maximum absolute atomic E-state index is 5.96. The number of alkyl halides is 1. The fourth-order valence-electron chi connectivity index (χ4n) is 1.76. The van der Waals surface area contributed by atoms with Gasteiger partial charge in [0.2, 0.25) is 0 Å². The second kappa shape index (κ2) is 4.88. The first-order valence-corrected chi connectivity index (χ1v) is 7.20. The minimum Gasteiger partial charge on any atom is -0.236 e. The highest BCUT2D eigenvalue weighted by Gasteiger charge is 2.06. The van der Waals surface area contributed by atoms with Crippen LogP contribution >= 0.6 is 34.5 Å². The molecule has 90 valence electrons. The van der Waals surface area contributed by atoms with Crippen molar-refractivity contribution in [3.8, 4) is 10.6 Å². The molecule has 0 unspecified atom stereocenters. The zero-order chi connectivity index (χ0) is 12.5. The molecule has 0 radical (unpaired) electrons. The smallest absolute Gasteiger partial charge is 0.124 e. The van der Waals surface area contributed by atoms with E-state index in [0.717, 1.165) is 31.4 Å². The molecule has 0 aliphatic heterocycles. The SMILES string of the molecule is ClCc1ccc(-c2nc3cc(Cl)ccc3s2)cc1. The van der Waals surface area contributed by atoms with Crippen molar-refractivity contribution < 1.29 is 0 Å². The lowest BCUT2D eigenvalue weighted by Crippen LogP contribution is -1.79. The molecule has 0 bridgehead atoms. The molecule has 1 aromatic heterocycles. The lowest BCUT2D eigenvalue weighted by atomic mass is 10.2. The van der Waals surface area contributed by atoms with Crippen LogP contribution in [-0.4, -0.2) is 4.98 Å². The highest BCUT2D eigenvalue weighted by atomic mass is 35.5. The van der Waals surface area contributed by atoms with Gasteiger partial charge < -0.3 is 0 Å². The van der Waals surface area contributed by atoms with Gasteiger partial charge in [-0.2, -0.15) is 0 Å². The Balaban J connectivity index is 2.07. The van der Waals surface area contributed by atoms with Crippen LogP contribution in [0.15, 0.2) is 42.5 Å². The number of fused-ring (bicyclic) bond motifs is 1. The molecule has 0 aliphatic carbocycles. The summed E-state index contributed by atoms with van der Waals surface area (Å²) in [7, 11) is 0. The predicted molar refractivity (Wildman–Crippen MR) is 79.6 cm³/mol. The van der Waals surface area contributed by atoms with E-state index < -0.39 is 0 Å². The third-order valence-corrected chi connectivity index (χ3v) is 4.33. The first-order chi connectivity index (χ1) is 8.76. The molecule has 0 aliphatic rings. The van der Waals surface area contributed by atoms with Crippen LogP contribution in [0.3, 0.4) is 0 Å². The molecule has 0 fully saturated rings. The van der Waals surface area contributed by atoms with Gasteiger partial charge in [-0.1, -0.05) is 35.9 Å². The van der Waals surface area contributed by atoms with Crippen molar-refractivity contribution in [3.05, 3.63) is 53.1 Å². The van der Waals surface area contributed by atoms with Gasteiger partial charge >= 0.3 is 0 Å². The van der Waals surface area contributed by atoms with Crippen LogP contribution in [0.25, 0.3) is 20.8 Å². The zero-order valence-electron chi connectivity index (χ0n) is 9.36. The van der Waals surface area contributed by atoms with Gasteiger partial charge in [-0.05, 0) is 23.8 Å². The maximum Gasteiger partial charge on any atom is 0.124 e. The molecule has 1 heterocycles. The average Bonchev–Trinajstić information content (AvgIpc) is 2.81. The summed E-state index contributed by atoms with van der Waals surface area (Å²) >= 11 is 13.4. The van der Waals surface area contributed by atoms with E-state index in [-0.39, 0.29) is 0 Å². The summed E-state index contributed by atoms with van der Waals surface area (Å²) in [5.74, 6) is 0.537. The maximum atomic E-state index is 5.96. The molecular formula is C14H9Cl2NS. The number of hydrogen-bond donors (Lipinski definition) is 0. The average molecular weight is 294 g/mol. The number of rotatable bonds is 2. The fourth-order valence-corrected chi connectivity index (χ4v) is 3.06. The molecule has 0 saturated carbocycles. The standard InChI is InChI=1S/C14H9Cl2NS/c15-8-9-1-3-10(4-2-9)14-17-12-7-11(16)5-6-13(12)18-14/h1-7H,8H2.